The zero-order chi connectivity index (χ0) is 14.5. The van der Waals surface area contributed by atoms with E-state index in [4.69, 9.17) is 0 Å². The molecule has 0 saturated carbocycles. The lowest BCUT2D eigenvalue weighted by Gasteiger charge is -2.18. The van der Waals surface area contributed by atoms with Crippen molar-refractivity contribution in [2.24, 2.45) is 0 Å². The summed E-state index contributed by atoms with van der Waals surface area (Å²) in [5.41, 5.74) is 0.904. The predicted molar refractivity (Wildman–Crippen MR) is 67.9 cm³/mol. The number of hydrogen-bond donors (Lipinski definition) is 1. The first kappa shape index (κ1) is 15.7. The van der Waals surface area contributed by atoms with Gasteiger partial charge in [-0.25, -0.2) is 9.97 Å². The molecule has 0 amide bonds. The van der Waals surface area contributed by atoms with Crippen LogP contribution in [0.5, 0.6) is 0 Å². The van der Waals surface area contributed by atoms with E-state index in [-0.39, 0.29) is 6.54 Å². The van der Waals surface area contributed by atoms with E-state index in [0.717, 1.165) is 5.56 Å². The SMILES string of the molecule is CC(C)NCc1cnc(N(C)CCC(F)(F)F)nc1. The van der Waals surface area contributed by atoms with Crippen LogP contribution in [0.4, 0.5) is 19.1 Å². The number of hydrogen-bond acceptors (Lipinski definition) is 4. The minimum Gasteiger partial charge on any atom is -0.344 e. The predicted octanol–water partition coefficient (Wildman–Crippen LogP) is 2.36. The standard InChI is InChI=1S/C12H19F3N4/c1-9(2)16-6-10-7-17-11(18-8-10)19(3)5-4-12(13,14)15/h7-9,16H,4-6H2,1-3H3. The summed E-state index contributed by atoms with van der Waals surface area (Å²) in [6, 6.07) is 0.356. The van der Waals surface area contributed by atoms with Crippen molar-refractivity contribution in [2.75, 3.05) is 18.5 Å². The summed E-state index contributed by atoms with van der Waals surface area (Å²) in [5, 5.41) is 3.21. The van der Waals surface area contributed by atoms with Crippen molar-refractivity contribution in [3.63, 3.8) is 0 Å². The molecule has 0 aliphatic carbocycles. The van der Waals surface area contributed by atoms with E-state index in [0.29, 0.717) is 18.5 Å². The van der Waals surface area contributed by atoms with Gasteiger partial charge >= 0.3 is 6.18 Å². The normalized spacial score (nSPS) is 11.9. The van der Waals surface area contributed by atoms with E-state index in [2.05, 4.69) is 15.3 Å². The third-order valence-corrected chi connectivity index (χ3v) is 2.48. The second-order valence-corrected chi connectivity index (χ2v) is 4.71. The molecule has 0 aromatic carbocycles. The minimum absolute atomic E-state index is 0.146. The second-order valence-electron chi connectivity index (χ2n) is 4.71. The first-order chi connectivity index (χ1) is 8.78. The second kappa shape index (κ2) is 6.70. The van der Waals surface area contributed by atoms with Gasteiger partial charge in [0, 0.05) is 44.1 Å². The van der Waals surface area contributed by atoms with Gasteiger partial charge in [0.25, 0.3) is 0 Å². The maximum Gasteiger partial charge on any atom is 0.390 e. The highest BCUT2D eigenvalue weighted by Crippen LogP contribution is 2.20. The number of anilines is 1. The van der Waals surface area contributed by atoms with Crippen molar-refractivity contribution in [1.82, 2.24) is 15.3 Å². The fraction of sp³-hybridized carbons (Fsp3) is 0.667. The molecule has 0 saturated heterocycles. The number of alkyl halides is 3. The third-order valence-electron chi connectivity index (χ3n) is 2.48. The molecule has 0 spiro atoms. The van der Waals surface area contributed by atoms with Crippen LogP contribution in [-0.4, -0.2) is 35.8 Å². The van der Waals surface area contributed by atoms with Gasteiger partial charge in [0.05, 0.1) is 6.42 Å². The maximum absolute atomic E-state index is 12.1. The van der Waals surface area contributed by atoms with Gasteiger partial charge in [-0.3, -0.25) is 0 Å². The molecule has 19 heavy (non-hydrogen) atoms. The molecule has 0 fully saturated rings. The number of nitrogens with one attached hydrogen (secondary N) is 1. The molecule has 0 aliphatic rings. The van der Waals surface area contributed by atoms with E-state index in [9.17, 15) is 13.2 Å². The van der Waals surface area contributed by atoms with Crippen molar-refractivity contribution >= 4 is 5.95 Å². The molecule has 1 aromatic heterocycles. The Morgan fingerprint density at radius 1 is 1.26 bits per heavy atom. The van der Waals surface area contributed by atoms with Crippen LogP contribution in [0, 0.1) is 0 Å². The molecule has 1 aromatic rings. The van der Waals surface area contributed by atoms with Crippen molar-refractivity contribution < 1.29 is 13.2 Å². The summed E-state index contributed by atoms with van der Waals surface area (Å²) >= 11 is 0. The summed E-state index contributed by atoms with van der Waals surface area (Å²) in [6.45, 7) is 4.55. The van der Waals surface area contributed by atoms with Gasteiger partial charge in [0.15, 0.2) is 0 Å². The van der Waals surface area contributed by atoms with Crippen LogP contribution in [0.25, 0.3) is 0 Å². The lowest BCUT2D eigenvalue weighted by Crippen LogP contribution is -2.26. The Hall–Kier alpha value is -1.37. The number of halogens is 3. The maximum atomic E-state index is 12.1. The van der Waals surface area contributed by atoms with E-state index in [1.54, 1.807) is 19.4 Å². The number of rotatable bonds is 6. The van der Waals surface area contributed by atoms with Crippen molar-refractivity contribution in [1.29, 1.82) is 0 Å². The summed E-state index contributed by atoms with van der Waals surface area (Å²) in [6.07, 6.45) is -1.78. The van der Waals surface area contributed by atoms with Gasteiger partial charge in [-0.2, -0.15) is 13.2 Å². The summed E-state index contributed by atoms with van der Waals surface area (Å²) in [5.74, 6) is 0.303. The summed E-state index contributed by atoms with van der Waals surface area (Å²) in [7, 11) is 1.55. The van der Waals surface area contributed by atoms with E-state index < -0.39 is 12.6 Å². The van der Waals surface area contributed by atoms with E-state index in [1.807, 2.05) is 13.8 Å². The highest BCUT2D eigenvalue weighted by molar-refractivity contribution is 5.28. The van der Waals surface area contributed by atoms with Gasteiger partial charge in [-0.05, 0) is 0 Å². The molecule has 108 valence electrons. The zero-order valence-electron chi connectivity index (χ0n) is 11.3. The zero-order valence-corrected chi connectivity index (χ0v) is 11.3. The Balaban J connectivity index is 2.51. The Morgan fingerprint density at radius 3 is 2.32 bits per heavy atom. The van der Waals surface area contributed by atoms with Crippen LogP contribution in [0.15, 0.2) is 12.4 Å². The van der Waals surface area contributed by atoms with Crippen LogP contribution in [0.3, 0.4) is 0 Å². The molecule has 0 atom stereocenters. The van der Waals surface area contributed by atoms with Crippen LogP contribution in [0.1, 0.15) is 25.8 Å². The molecule has 0 bridgehead atoms. The monoisotopic (exact) mass is 276 g/mol. The van der Waals surface area contributed by atoms with Crippen LogP contribution in [0.2, 0.25) is 0 Å². The number of aromatic nitrogens is 2. The summed E-state index contributed by atoms with van der Waals surface area (Å²) in [4.78, 5) is 9.53. The third kappa shape index (κ3) is 6.37. The van der Waals surface area contributed by atoms with Crippen molar-refractivity contribution in [2.45, 2.75) is 39.0 Å². The van der Waals surface area contributed by atoms with E-state index >= 15 is 0 Å². The van der Waals surface area contributed by atoms with Crippen LogP contribution < -0.4 is 10.2 Å². The van der Waals surface area contributed by atoms with Gasteiger partial charge in [-0.15, -0.1) is 0 Å². The molecule has 0 radical (unpaired) electrons. The van der Waals surface area contributed by atoms with Gasteiger partial charge in [0.2, 0.25) is 5.95 Å². The molecular weight excluding hydrogens is 257 g/mol. The average Bonchev–Trinajstić information content (AvgIpc) is 2.33. The lowest BCUT2D eigenvalue weighted by atomic mass is 10.3. The molecule has 1 N–H and O–H groups in total. The van der Waals surface area contributed by atoms with Crippen LogP contribution in [-0.2, 0) is 6.54 Å². The van der Waals surface area contributed by atoms with Crippen molar-refractivity contribution in [3.8, 4) is 0 Å². The topological polar surface area (TPSA) is 41.1 Å². The molecule has 0 aliphatic heterocycles. The Kier molecular flexibility index (Phi) is 5.53. The van der Waals surface area contributed by atoms with E-state index in [1.165, 1.54) is 4.90 Å². The van der Waals surface area contributed by atoms with Gasteiger partial charge in [-0.1, -0.05) is 13.8 Å². The van der Waals surface area contributed by atoms with Gasteiger partial charge < -0.3 is 10.2 Å². The minimum atomic E-state index is -4.16. The molecule has 4 nitrogen and oxygen atoms in total. The molecule has 1 rings (SSSR count). The molecule has 7 heteroatoms. The smallest absolute Gasteiger partial charge is 0.344 e. The largest absolute Gasteiger partial charge is 0.390 e. The highest BCUT2D eigenvalue weighted by atomic mass is 19.4. The lowest BCUT2D eigenvalue weighted by molar-refractivity contribution is -0.132. The average molecular weight is 276 g/mol. The quantitative estimate of drug-likeness (QED) is 0.866. The highest BCUT2D eigenvalue weighted by Gasteiger charge is 2.27. The van der Waals surface area contributed by atoms with Gasteiger partial charge in [0.1, 0.15) is 0 Å². The first-order valence-electron chi connectivity index (χ1n) is 6.10. The molecule has 1 heterocycles. The molecule has 0 unspecified atom stereocenters. The van der Waals surface area contributed by atoms with Crippen molar-refractivity contribution in [3.05, 3.63) is 18.0 Å². The Labute approximate surface area is 111 Å². The fourth-order valence-corrected chi connectivity index (χ4v) is 1.35. The Bertz CT molecular complexity index is 376. The number of nitrogens with zero attached hydrogens (tertiary/aromatic N) is 3. The summed E-state index contributed by atoms with van der Waals surface area (Å²) < 4.78 is 36.3. The van der Waals surface area contributed by atoms with Crippen LogP contribution >= 0.6 is 0 Å². The first-order valence-corrected chi connectivity index (χ1v) is 6.10. The molecular formula is C12H19F3N4. The Morgan fingerprint density at radius 2 is 1.84 bits per heavy atom. The fourth-order valence-electron chi connectivity index (χ4n) is 1.35.